The van der Waals surface area contributed by atoms with Gasteiger partial charge in [-0.1, -0.05) is 13.8 Å². The maximum absolute atomic E-state index is 6.03. The number of nitrogens with zero attached hydrogens (tertiary/aromatic N) is 2. The van der Waals surface area contributed by atoms with Crippen LogP contribution >= 0.6 is 0 Å². The lowest BCUT2D eigenvalue weighted by Gasteiger charge is -2.31. The summed E-state index contributed by atoms with van der Waals surface area (Å²) in [6, 6.07) is 0.471. The van der Waals surface area contributed by atoms with Crippen molar-refractivity contribution in [1.82, 2.24) is 4.90 Å². The van der Waals surface area contributed by atoms with E-state index in [1.807, 2.05) is 0 Å². The van der Waals surface area contributed by atoms with E-state index in [-0.39, 0.29) is 6.10 Å². The van der Waals surface area contributed by atoms with E-state index in [9.17, 15) is 0 Å². The van der Waals surface area contributed by atoms with Crippen molar-refractivity contribution in [3.8, 4) is 0 Å². The van der Waals surface area contributed by atoms with E-state index in [1.54, 1.807) is 0 Å². The molecule has 1 unspecified atom stereocenters. The SMILES string of the molecule is CC1CN(C(N)=N[C@@H]2C[C@H]2C(C)C)CCO1. The first kappa shape index (κ1) is 11.7. The monoisotopic (exact) mass is 225 g/mol. The maximum atomic E-state index is 6.03. The lowest BCUT2D eigenvalue weighted by molar-refractivity contribution is 0.00527. The van der Waals surface area contributed by atoms with E-state index < -0.39 is 0 Å². The Labute approximate surface area is 97.9 Å². The highest BCUT2D eigenvalue weighted by Crippen LogP contribution is 2.40. The van der Waals surface area contributed by atoms with Crippen LogP contribution in [-0.2, 0) is 4.74 Å². The Balaban J connectivity index is 1.87. The van der Waals surface area contributed by atoms with Gasteiger partial charge in [-0.2, -0.15) is 0 Å². The van der Waals surface area contributed by atoms with Crippen LogP contribution < -0.4 is 5.73 Å². The molecule has 0 aromatic rings. The first-order chi connectivity index (χ1) is 7.58. The number of guanidine groups is 1. The van der Waals surface area contributed by atoms with E-state index >= 15 is 0 Å². The van der Waals surface area contributed by atoms with Gasteiger partial charge in [0.1, 0.15) is 0 Å². The van der Waals surface area contributed by atoms with Gasteiger partial charge in [-0.3, -0.25) is 0 Å². The standard InChI is InChI=1S/C12H23N3O/c1-8(2)10-6-11(10)14-12(13)15-4-5-16-9(3)7-15/h8-11H,4-7H2,1-3H3,(H2,13,14)/t9?,10-,11+/m0/s1. The molecule has 0 bridgehead atoms. The van der Waals surface area contributed by atoms with E-state index in [2.05, 4.69) is 30.7 Å². The molecular formula is C12H23N3O. The number of morpholine rings is 1. The summed E-state index contributed by atoms with van der Waals surface area (Å²) in [4.78, 5) is 6.76. The van der Waals surface area contributed by atoms with Crippen molar-refractivity contribution >= 4 is 5.96 Å². The summed E-state index contributed by atoms with van der Waals surface area (Å²) in [5.41, 5.74) is 6.03. The number of hydrogen-bond donors (Lipinski definition) is 1. The second-order valence-corrected chi connectivity index (χ2v) is 5.33. The number of hydrogen-bond acceptors (Lipinski definition) is 2. The highest BCUT2D eigenvalue weighted by atomic mass is 16.5. The molecule has 0 amide bonds. The lowest BCUT2D eigenvalue weighted by Crippen LogP contribution is -2.48. The third-order valence-corrected chi connectivity index (χ3v) is 3.52. The number of aliphatic imine (C=N–C) groups is 1. The molecule has 2 fully saturated rings. The Bertz CT molecular complexity index is 277. The second-order valence-electron chi connectivity index (χ2n) is 5.33. The minimum absolute atomic E-state index is 0.266. The molecular weight excluding hydrogens is 202 g/mol. The summed E-state index contributed by atoms with van der Waals surface area (Å²) in [5.74, 6) is 2.19. The number of rotatable bonds is 2. The first-order valence-electron chi connectivity index (χ1n) is 6.27. The second kappa shape index (κ2) is 4.62. The smallest absolute Gasteiger partial charge is 0.191 e. The molecule has 1 aliphatic carbocycles. The molecule has 0 radical (unpaired) electrons. The average molecular weight is 225 g/mol. The van der Waals surface area contributed by atoms with Crippen LogP contribution in [0.1, 0.15) is 27.2 Å². The minimum atomic E-state index is 0.266. The van der Waals surface area contributed by atoms with Gasteiger partial charge in [0.15, 0.2) is 5.96 Å². The molecule has 0 aromatic carbocycles. The minimum Gasteiger partial charge on any atom is -0.375 e. The summed E-state index contributed by atoms with van der Waals surface area (Å²) >= 11 is 0. The van der Waals surface area contributed by atoms with Crippen LogP contribution in [0, 0.1) is 11.8 Å². The molecule has 92 valence electrons. The molecule has 2 N–H and O–H groups in total. The number of ether oxygens (including phenoxy) is 1. The van der Waals surface area contributed by atoms with Crippen LogP contribution in [0.3, 0.4) is 0 Å². The molecule has 0 spiro atoms. The van der Waals surface area contributed by atoms with Crippen molar-refractivity contribution in [2.75, 3.05) is 19.7 Å². The van der Waals surface area contributed by atoms with Crippen LogP contribution in [0.25, 0.3) is 0 Å². The summed E-state index contributed by atoms with van der Waals surface area (Å²) in [5, 5.41) is 0. The molecule has 1 aliphatic heterocycles. The largest absolute Gasteiger partial charge is 0.375 e. The molecule has 0 aromatic heterocycles. The molecule has 1 saturated heterocycles. The highest BCUT2D eigenvalue weighted by Gasteiger charge is 2.39. The molecule has 3 atom stereocenters. The van der Waals surface area contributed by atoms with Gasteiger partial charge in [-0.25, -0.2) is 4.99 Å². The van der Waals surface area contributed by atoms with Crippen LogP contribution in [-0.4, -0.2) is 42.7 Å². The van der Waals surface area contributed by atoms with E-state index in [0.29, 0.717) is 12.0 Å². The van der Waals surface area contributed by atoms with Gasteiger partial charge in [0.25, 0.3) is 0 Å². The fourth-order valence-electron chi connectivity index (χ4n) is 2.34. The average Bonchev–Trinajstić information content (AvgIpc) is 2.97. The third kappa shape index (κ3) is 2.67. The van der Waals surface area contributed by atoms with Crippen molar-refractivity contribution in [3.63, 3.8) is 0 Å². The molecule has 4 heteroatoms. The van der Waals surface area contributed by atoms with E-state index in [0.717, 1.165) is 31.5 Å². The Morgan fingerprint density at radius 1 is 1.50 bits per heavy atom. The summed E-state index contributed by atoms with van der Waals surface area (Å²) < 4.78 is 5.49. The van der Waals surface area contributed by atoms with Crippen LogP contribution in [0.5, 0.6) is 0 Å². The molecule has 2 rings (SSSR count). The first-order valence-corrected chi connectivity index (χ1v) is 6.27. The zero-order valence-corrected chi connectivity index (χ0v) is 10.5. The zero-order valence-electron chi connectivity index (χ0n) is 10.5. The third-order valence-electron chi connectivity index (χ3n) is 3.52. The molecule has 1 heterocycles. The summed E-state index contributed by atoms with van der Waals surface area (Å²) in [7, 11) is 0. The van der Waals surface area contributed by atoms with Crippen molar-refractivity contribution in [1.29, 1.82) is 0 Å². The van der Waals surface area contributed by atoms with Gasteiger partial charge < -0.3 is 15.4 Å². The summed E-state index contributed by atoms with van der Waals surface area (Å²) in [6.45, 7) is 9.09. The Kier molecular flexibility index (Phi) is 3.38. The molecule has 2 aliphatic rings. The van der Waals surface area contributed by atoms with E-state index in [4.69, 9.17) is 10.5 Å². The fraction of sp³-hybridized carbons (Fsp3) is 0.917. The van der Waals surface area contributed by atoms with Crippen molar-refractivity contribution in [3.05, 3.63) is 0 Å². The lowest BCUT2D eigenvalue weighted by atomic mass is 10.1. The predicted molar refractivity (Wildman–Crippen MR) is 65.3 cm³/mol. The Morgan fingerprint density at radius 3 is 2.81 bits per heavy atom. The summed E-state index contributed by atoms with van der Waals surface area (Å²) in [6.07, 6.45) is 1.47. The van der Waals surface area contributed by atoms with Crippen molar-refractivity contribution in [2.24, 2.45) is 22.6 Å². The Morgan fingerprint density at radius 2 is 2.25 bits per heavy atom. The van der Waals surface area contributed by atoms with Crippen molar-refractivity contribution < 1.29 is 4.74 Å². The van der Waals surface area contributed by atoms with Gasteiger partial charge >= 0.3 is 0 Å². The normalized spacial score (nSPS) is 35.6. The van der Waals surface area contributed by atoms with E-state index in [1.165, 1.54) is 6.42 Å². The Hall–Kier alpha value is -0.770. The molecule has 16 heavy (non-hydrogen) atoms. The number of nitrogens with two attached hydrogens (primary N) is 1. The molecule has 4 nitrogen and oxygen atoms in total. The van der Waals surface area contributed by atoms with Gasteiger partial charge in [0.05, 0.1) is 18.8 Å². The maximum Gasteiger partial charge on any atom is 0.191 e. The van der Waals surface area contributed by atoms with Crippen LogP contribution in [0.15, 0.2) is 4.99 Å². The highest BCUT2D eigenvalue weighted by molar-refractivity contribution is 5.78. The molecule has 1 saturated carbocycles. The van der Waals surface area contributed by atoms with Crippen molar-refractivity contribution in [2.45, 2.75) is 39.3 Å². The topological polar surface area (TPSA) is 50.8 Å². The van der Waals surface area contributed by atoms with Crippen LogP contribution in [0.4, 0.5) is 0 Å². The van der Waals surface area contributed by atoms with Gasteiger partial charge in [0, 0.05) is 13.1 Å². The van der Waals surface area contributed by atoms with Gasteiger partial charge in [-0.15, -0.1) is 0 Å². The zero-order chi connectivity index (χ0) is 11.7. The van der Waals surface area contributed by atoms with Crippen LogP contribution in [0.2, 0.25) is 0 Å². The van der Waals surface area contributed by atoms with Gasteiger partial charge in [-0.05, 0) is 25.2 Å². The predicted octanol–water partition coefficient (Wildman–Crippen LogP) is 1.07. The van der Waals surface area contributed by atoms with Gasteiger partial charge in [0.2, 0.25) is 0 Å². The quantitative estimate of drug-likeness (QED) is 0.565. The fourth-order valence-corrected chi connectivity index (χ4v) is 2.34.